The van der Waals surface area contributed by atoms with Crippen LogP contribution in [0.4, 0.5) is 0 Å². The second-order valence-corrected chi connectivity index (χ2v) is 5.36. The molecule has 0 aliphatic carbocycles. The maximum Gasteiger partial charge on any atom is 0.338 e. The van der Waals surface area contributed by atoms with Crippen LogP contribution in [0, 0.1) is 6.07 Å². The minimum absolute atomic E-state index is 0.295. The lowest BCUT2D eigenvalue weighted by molar-refractivity contribution is 0.00696. The smallest absolute Gasteiger partial charge is 0.338 e. The van der Waals surface area contributed by atoms with Gasteiger partial charge < -0.3 is 4.74 Å². The summed E-state index contributed by atoms with van der Waals surface area (Å²) in [7, 11) is 0. The zero-order valence-electron chi connectivity index (χ0n) is 11.4. The van der Waals surface area contributed by atoms with E-state index in [0.717, 1.165) is 11.1 Å². The monoisotopic (exact) mass is 253 g/mol. The number of esters is 1. The van der Waals surface area contributed by atoms with Gasteiger partial charge in [0.2, 0.25) is 0 Å². The first-order valence-corrected chi connectivity index (χ1v) is 6.26. The molecule has 0 unspecified atom stereocenters. The van der Waals surface area contributed by atoms with Crippen molar-refractivity contribution in [3.63, 3.8) is 0 Å². The van der Waals surface area contributed by atoms with Crippen molar-refractivity contribution in [3.8, 4) is 11.1 Å². The van der Waals surface area contributed by atoms with E-state index in [4.69, 9.17) is 4.74 Å². The van der Waals surface area contributed by atoms with Crippen LogP contribution in [0.25, 0.3) is 11.1 Å². The summed E-state index contributed by atoms with van der Waals surface area (Å²) in [6, 6.07) is 18.3. The van der Waals surface area contributed by atoms with Crippen molar-refractivity contribution in [3.05, 3.63) is 60.2 Å². The number of benzene rings is 2. The Balaban J connectivity index is 2.17. The summed E-state index contributed by atoms with van der Waals surface area (Å²) in [5.41, 5.74) is 2.14. The molecule has 2 rings (SSSR count). The molecule has 0 heterocycles. The van der Waals surface area contributed by atoms with E-state index in [1.165, 1.54) is 0 Å². The summed E-state index contributed by atoms with van der Waals surface area (Å²) in [5, 5.41) is 0. The topological polar surface area (TPSA) is 26.3 Å². The van der Waals surface area contributed by atoms with E-state index in [2.05, 4.69) is 6.07 Å². The lowest BCUT2D eigenvalue weighted by Gasteiger charge is -2.19. The van der Waals surface area contributed by atoms with Crippen molar-refractivity contribution >= 4 is 5.97 Å². The second kappa shape index (κ2) is 5.27. The third-order valence-electron chi connectivity index (χ3n) is 2.54. The summed E-state index contributed by atoms with van der Waals surface area (Å²) in [4.78, 5) is 11.9. The molecule has 19 heavy (non-hydrogen) atoms. The van der Waals surface area contributed by atoms with Crippen LogP contribution in [0.15, 0.2) is 48.5 Å². The Kier molecular flexibility index (Phi) is 3.70. The molecule has 0 fully saturated rings. The maximum absolute atomic E-state index is 11.9. The Morgan fingerprint density at radius 3 is 2.26 bits per heavy atom. The molecule has 1 radical (unpaired) electrons. The van der Waals surface area contributed by atoms with E-state index in [0.29, 0.717) is 5.56 Å². The van der Waals surface area contributed by atoms with Crippen molar-refractivity contribution in [1.29, 1.82) is 0 Å². The molecule has 97 valence electrons. The molecule has 0 N–H and O–H groups in total. The van der Waals surface area contributed by atoms with Gasteiger partial charge in [0.25, 0.3) is 0 Å². The molecule has 0 saturated heterocycles. The van der Waals surface area contributed by atoms with Gasteiger partial charge in [0.1, 0.15) is 5.60 Å². The third kappa shape index (κ3) is 3.68. The molecule has 2 nitrogen and oxygen atoms in total. The van der Waals surface area contributed by atoms with Gasteiger partial charge in [0.05, 0.1) is 5.56 Å². The van der Waals surface area contributed by atoms with Crippen LogP contribution in [0.1, 0.15) is 31.1 Å². The predicted octanol–water partition coefficient (Wildman–Crippen LogP) is 4.11. The second-order valence-electron chi connectivity index (χ2n) is 5.36. The average molecular weight is 253 g/mol. The molecule has 2 aromatic carbocycles. The van der Waals surface area contributed by atoms with Crippen LogP contribution in [-0.4, -0.2) is 11.6 Å². The zero-order chi connectivity index (χ0) is 13.9. The molecular formula is C17H17O2. The normalized spacial score (nSPS) is 11.1. The highest BCUT2D eigenvalue weighted by atomic mass is 16.6. The quantitative estimate of drug-likeness (QED) is 0.753. The van der Waals surface area contributed by atoms with Gasteiger partial charge in [-0.25, -0.2) is 4.79 Å². The standard InChI is InChI=1S/C17H17O2/c1-17(2,3)19-16(18)15-11-9-14(10-12-15)13-7-5-4-6-8-13/h4-7,9-12H,1-3H3. The van der Waals surface area contributed by atoms with E-state index in [9.17, 15) is 4.79 Å². The lowest BCUT2D eigenvalue weighted by Crippen LogP contribution is -2.23. The van der Waals surface area contributed by atoms with E-state index in [-0.39, 0.29) is 5.97 Å². The minimum Gasteiger partial charge on any atom is -0.456 e. The number of ether oxygens (including phenoxy) is 1. The Morgan fingerprint density at radius 1 is 1.05 bits per heavy atom. The summed E-state index contributed by atoms with van der Waals surface area (Å²) in [6.07, 6.45) is 0. The fraction of sp³-hybridized carbons (Fsp3) is 0.235. The van der Waals surface area contributed by atoms with Crippen LogP contribution in [0.3, 0.4) is 0 Å². The van der Waals surface area contributed by atoms with Gasteiger partial charge in [-0.3, -0.25) is 0 Å². The SMILES string of the molecule is CC(C)(C)OC(=O)c1ccc(-c2[c]cccc2)cc1. The van der Waals surface area contributed by atoms with Gasteiger partial charge in [0.15, 0.2) is 0 Å². The molecule has 0 aliphatic rings. The minimum atomic E-state index is -0.469. The molecule has 0 atom stereocenters. The highest BCUT2D eigenvalue weighted by molar-refractivity contribution is 5.90. The lowest BCUT2D eigenvalue weighted by atomic mass is 10.0. The van der Waals surface area contributed by atoms with Crippen molar-refractivity contribution in [2.24, 2.45) is 0 Å². The molecular weight excluding hydrogens is 236 g/mol. The number of rotatable bonds is 2. The maximum atomic E-state index is 11.9. The fourth-order valence-electron chi connectivity index (χ4n) is 1.70. The molecule has 0 aromatic heterocycles. The Bertz CT molecular complexity index is 548. The van der Waals surface area contributed by atoms with Crippen LogP contribution in [-0.2, 0) is 4.74 Å². The summed E-state index contributed by atoms with van der Waals surface area (Å²) in [5.74, 6) is -0.295. The van der Waals surface area contributed by atoms with Crippen LogP contribution in [0.5, 0.6) is 0 Å². The Morgan fingerprint density at radius 2 is 1.74 bits per heavy atom. The summed E-state index contributed by atoms with van der Waals surface area (Å²) in [6.45, 7) is 5.58. The van der Waals surface area contributed by atoms with Crippen LogP contribution in [0.2, 0.25) is 0 Å². The summed E-state index contributed by atoms with van der Waals surface area (Å²) < 4.78 is 5.32. The van der Waals surface area contributed by atoms with Crippen LogP contribution >= 0.6 is 0 Å². The number of carbonyl (C=O) groups excluding carboxylic acids is 1. The zero-order valence-corrected chi connectivity index (χ0v) is 11.4. The Hall–Kier alpha value is -2.09. The molecule has 0 aliphatic heterocycles. The predicted molar refractivity (Wildman–Crippen MR) is 75.9 cm³/mol. The molecule has 0 amide bonds. The van der Waals surface area contributed by atoms with Crippen molar-refractivity contribution in [2.45, 2.75) is 26.4 Å². The first kappa shape index (κ1) is 13.3. The Labute approximate surface area is 114 Å². The van der Waals surface area contributed by atoms with Crippen molar-refractivity contribution in [1.82, 2.24) is 0 Å². The van der Waals surface area contributed by atoms with E-state index >= 15 is 0 Å². The molecule has 0 bridgehead atoms. The van der Waals surface area contributed by atoms with E-state index < -0.39 is 5.60 Å². The largest absolute Gasteiger partial charge is 0.456 e. The number of carbonyl (C=O) groups is 1. The third-order valence-corrected chi connectivity index (χ3v) is 2.54. The average Bonchev–Trinajstić information content (AvgIpc) is 2.38. The van der Waals surface area contributed by atoms with E-state index in [1.54, 1.807) is 12.1 Å². The van der Waals surface area contributed by atoms with Gasteiger partial charge in [-0.1, -0.05) is 36.4 Å². The number of hydrogen-bond donors (Lipinski definition) is 0. The van der Waals surface area contributed by atoms with Crippen molar-refractivity contribution < 1.29 is 9.53 Å². The fourth-order valence-corrected chi connectivity index (χ4v) is 1.70. The van der Waals surface area contributed by atoms with E-state index in [1.807, 2.05) is 57.2 Å². The summed E-state index contributed by atoms with van der Waals surface area (Å²) >= 11 is 0. The molecule has 2 aromatic rings. The highest BCUT2D eigenvalue weighted by Gasteiger charge is 2.17. The van der Waals surface area contributed by atoms with Crippen molar-refractivity contribution in [2.75, 3.05) is 0 Å². The van der Waals surface area contributed by atoms with Gasteiger partial charge >= 0.3 is 5.97 Å². The van der Waals surface area contributed by atoms with Crippen LogP contribution < -0.4 is 0 Å². The number of hydrogen-bond acceptors (Lipinski definition) is 2. The molecule has 0 spiro atoms. The van der Waals surface area contributed by atoms with Gasteiger partial charge in [-0.15, -0.1) is 0 Å². The van der Waals surface area contributed by atoms with Gasteiger partial charge in [-0.2, -0.15) is 0 Å². The molecule has 2 heteroatoms. The van der Waals surface area contributed by atoms with Gasteiger partial charge in [-0.05, 0) is 50.1 Å². The molecule has 0 saturated carbocycles. The highest BCUT2D eigenvalue weighted by Crippen LogP contribution is 2.20. The first-order chi connectivity index (χ1) is 8.96. The first-order valence-electron chi connectivity index (χ1n) is 6.26. The van der Waals surface area contributed by atoms with Gasteiger partial charge in [0, 0.05) is 0 Å².